The van der Waals surface area contributed by atoms with E-state index in [0.717, 1.165) is 0 Å². The van der Waals surface area contributed by atoms with Crippen LogP contribution in [0.4, 0.5) is 0 Å². The van der Waals surface area contributed by atoms with Gasteiger partial charge in [0.2, 0.25) is 5.28 Å². The maximum absolute atomic E-state index is 11.2. The molecule has 2 rings (SSSR count). The average molecular weight is 273 g/mol. The van der Waals surface area contributed by atoms with Gasteiger partial charge in [0.15, 0.2) is 5.65 Å². The number of aromatic nitrogens is 4. The number of carbonyl (C=O) groups excluding carboxylic acids is 1. The Hall–Kier alpha value is -1.34. The molecule has 0 fully saturated rings. The summed E-state index contributed by atoms with van der Waals surface area (Å²) in [6.07, 6.45) is 1.50. The average Bonchev–Trinajstić information content (AvgIpc) is 2.74. The van der Waals surface area contributed by atoms with Gasteiger partial charge >= 0.3 is 5.97 Å². The highest BCUT2D eigenvalue weighted by atomic mass is 35.5. The van der Waals surface area contributed by atoms with E-state index < -0.39 is 0 Å². The number of H-pyrrole nitrogens is 1. The van der Waals surface area contributed by atoms with Crippen molar-refractivity contribution in [2.24, 2.45) is 0 Å². The van der Waals surface area contributed by atoms with Crippen LogP contribution in [0.15, 0.2) is 11.4 Å². The maximum atomic E-state index is 11.2. The minimum absolute atomic E-state index is 0.107. The lowest BCUT2D eigenvalue weighted by Crippen LogP contribution is -2.06. The molecule has 0 aliphatic heterocycles. The summed E-state index contributed by atoms with van der Waals surface area (Å²) in [5.41, 5.74) is 1.15. The van der Waals surface area contributed by atoms with Gasteiger partial charge in [0.25, 0.3) is 0 Å². The van der Waals surface area contributed by atoms with Gasteiger partial charge < -0.3 is 9.72 Å². The van der Waals surface area contributed by atoms with Crippen molar-refractivity contribution in [3.05, 3.63) is 11.6 Å². The lowest BCUT2D eigenvalue weighted by atomic mass is 10.6. The number of hydrogen-bond donors (Lipinski definition) is 1. The molecule has 8 heteroatoms. The van der Waals surface area contributed by atoms with Crippen molar-refractivity contribution in [1.29, 1.82) is 0 Å². The summed E-state index contributed by atoms with van der Waals surface area (Å²) >= 11 is 6.99. The summed E-state index contributed by atoms with van der Waals surface area (Å²) in [6, 6.07) is 0. The normalized spacial score (nSPS) is 10.7. The molecule has 90 valence electrons. The van der Waals surface area contributed by atoms with E-state index in [-0.39, 0.29) is 17.0 Å². The number of ether oxygens (including phenoxy) is 1. The van der Waals surface area contributed by atoms with E-state index in [4.69, 9.17) is 16.3 Å². The van der Waals surface area contributed by atoms with Gasteiger partial charge in [-0.3, -0.25) is 4.79 Å². The van der Waals surface area contributed by atoms with Crippen LogP contribution in [0, 0.1) is 0 Å². The third-order valence-electron chi connectivity index (χ3n) is 1.86. The molecule has 0 aliphatic rings. The van der Waals surface area contributed by atoms with Crippen LogP contribution in [0.25, 0.3) is 11.2 Å². The Labute approximate surface area is 106 Å². The minimum atomic E-state index is -0.292. The quantitative estimate of drug-likeness (QED) is 0.395. The lowest BCUT2D eigenvalue weighted by Gasteiger charge is -2.02. The monoisotopic (exact) mass is 272 g/mol. The highest BCUT2D eigenvalue weighted by Crippen LogP contribution is 2.24. The van der Waals surface area contributed by atoms with Crippen molar-refractivity contribution in [2.75, 3.05) is 12.4 Å². The van der Waals surface area contributed by atoms with Gasteiger partial charge in [-0.25, -0.2) is 9.97 Å². The van der Waals surface area contributed by atoms with Crippen LogP contribution in [-0.4, -0.2) is 38.3 Å². The molecule has 0 saturated heterocycles. The van der Waals surface area contributed by atoms with E-state index in [1.165, 1.54) is 18.1 Å². The maximum Gasteiger partial charge on any atom is 0.316 e. The molecular weight excluding hydrogens is 264 g/mol. The molecule has 0 amide bonds. The molecule has 0 radical (unpaired) electrons. The third kappa shape index (κ3) is 2.86. The number of thioether (sulfide) groups is 1. The Kier molecular flexibility index (Phi) is 3.80. The highest BCUT2D eigenvalue weighted by Gasteiger charge is 2.11. The number of rotatable bonds is 4. The number of esters is 1. The fourth-order valence-corrected chi connectivity index (χ4v) is 2.21. The van der Waals surface area contributed by atoms with Crippen LogP contribution < -0.4 is 0 Å². The van der Waals surface area contributed by atoms with E-state index in [1.54, 1.807) is 6.92 Å². The predicted octanol–water partition coefficient (Wildman–Crippen LogP) is 1.66. The van der Waals surface area contributed by atoms with Crippen LogP contribution in [0.5, 0.6) is 0 Å². The van der Waals surface area contributed by atoms with Crippen LogP contribution in [0.1, 0.15) is 6.92 Å². The first-order chi connectivity index (χ1) is 8.20. The van der Waals surface area contributed by atoms with E-state index in [1.807, 2.05) is 0 Å². The smallest absolute Gasteiger partial charge is 0.316 e. The van der Waals surface area contributed by atoms with Crippen molar-refractivity contribution in [3.63, 3.8) is 0 Å². The van der Waals surface area contributed by atoms with E-state index in [9.17, 15) is 4.79 Å². The van der Waals surface area contributed by atoms with Crippen LogP contribution in [0.3, 0.4) is 0 Å². The molecular formula is C9H9ClN4O2S. The molecule has 6 nitrogen and oxygen atoms in total. The van der Waals surface area contributed by atoms with Gasteiger partial charge in [0, 0.05) is 0 Å². The number of fused-ring (bicyclic) bond motifs is 1. The van der Waals surface area contributed by atoms with Gasteiger partial charge in [-0.15, -0.1) is 0 Å². The Morgan fingerprint density at radius 2 is 2.41 bits per heavy atom. The zero-order valence-corrected chi connectivity index (χ0v) is 10.5. The number of hydrogen-bond acceptors (Lipinski definition) is 6. The Morgan fingerprint density at radius 1 is 1.59 bits per heavy atom. The number of halogens is 1. The first-order valence-electron chi connectivity index (χ1n) is 4.85. The third-order valence-corrected chi connectivity index (χ3v) is 2.98. The molecule has 0 unspecified atom stereocenters. The van der Waals surface area contributed by atoms with E-state index >= 15 is 0 Å². The summed E-state index contributed by atoms with van der Waals surface area (Å²) in [5, 5.41) is 0.696. The zero-order chi connectivity index (χ0) is 12.3. The van der Waals surface area contributed by atoms with Crippen molar-refractivity contribution in [1.82, 2.24) is 19.9 Å². The standard InChI is InChI=1S/C9H9ClN4O2S/c1-2-16-5(15)3-17-8-6-7(12-4-11-6)13-9(10)14-8/h4H,2-3H2,1H3,(H,11,12,13,14). The predicted molar refractivity (Wildman–Crippen MR) is 64.1 cm³/mol. The van der Waals surface area contributed by atoms with Crippen molar-refractivity contribution < 1.29 is 9.53 Å². The van der Waals surface area contributed by atoms with Gasteiger partial charge in [0.05, 0.1) is 18.7 Å². The van der Waals surface area contributed by atoms with Gasteiger partial charge in [-0.1, -0.05) is 11.8 Å². The molecule has 2 aromatic rings. The Bertz CT molecular complexity index is 545. The summed E-state index contributed by atoms with van der Waals surface area (Å²) in [7, 11) is 0. The van der Waals surface area contributed by atoms with E-state index in [2.05, 4.69) is 19.9 Å². The number of nitrogens with one attached hydrogen (secondary N) is 1. The van der Waals surface area contributed by atoms with Crippen molar-refractivity contribution in [3.8, 4) is 0 Å². The molecule has 0 spiro atoms. The number of imidazole rings is 1. The summed E-state index contributed by atoms with van der Waals surface area (Å²) in [6.45, 7) is 2.13. The Balaban J connectivity index is 2.17. The second-order valence-electron chi connectivity index (χ2n) is 2.99. The summed E-state index contributed by atoms with van der Waals surface area (Å²) < 4.78 is 4.83. The summed E-state index contributed by atoms with van der Waals surface area (Å²) in [4.78, 5) is 26.1. The van der Waals surface area contributed by atoms with Crippen molar-refractivity contribution >= 4 is 40.5 Å². The zero-order valence-electron chi connectivity index (χ0n) is 8.94. The molecule has 0 atom stereocenters. The van der Waals surface area contributed by atoms with Gasteiger partial charge in [0.1, 0.15) is 10.5 Å². The largest absolute Gasteiger partial charge is 0.465 e. The van der Waals surface area contributed by atoms with Crippen LogP contribution >= 0.6 is 23.4 Å². The first kappa shape index (κ1) is 12.1. The molecule has 0 bridgehead atoms. The molecule has 0 aliphatic carbocycles. The Morgan fingerprint density at radius 3 is 3.18 bits per heavy atom. The molecule has 17 heavy (non-hydrogen) atoms. The first-order valence-corrected chi connectivity index (χ1v) is 6.22. The van der Waals surface area contributed by atoms with Crippen molar-refractivity contribution in [2.45, 2.75) is 11.9 Å². The highest BCUT2D eigenvalue weighted by molar-refractivity contribution is 8.00. The summed E-state index contributed by atoms with van der Waals surface area (Å²) in [5.74, 6) is -0.116. The lowest BCUT2D eigenvalue weighted by molar-refractivity contribution is -0.139. The van der Waals surface area contributed by atoms with E-state index in [0.29, 0.717) is 22.8 Å². The van der Waals surface area contributed by atoms with Gasteiger partial charge in [-0.2, -0.15) is 4.98 Å². The van der Waals surface area contributed by atoms with Crippen LogP contribution in [0.2, 0.25) is 5.28 Å². The van der Waals surface area contributed by atoms with Gasteiger partial charge in [-0.05, 0) is 18.5 Å². The fourth-order valence-electron chi connectivity index (χ4n) is 1.22. The number of carbonyl (C=O) groups is 1. The topological polar surface area (TPSA) is 80.8 Å². The molecule has 2 aromatic heterocycles. The molecule has 0 aromatic carbocycles. The second-order valence-corrected chi connectivity index (χ2v) is 4.29. The molecule has 1 N–H and O–H groups in total. The number of aromatic amines is 1. The minimum Gasteiger partial charge on any atom is -0.465 e. The molecule has 0 saturated carbocycles. The second kappa shape index (κ2) is 5.33. The van der Waals surface area contributed by atoms with Crippen LogP contribution in [-0.2, 0) is 9.53 Å². The fraction of sp³-hybridized carbons (Fsp3) is 0.333. The molecule has 2 heterocycles. The SMILES string of the molecule is CCOC(=O)CSc1nc(Cl)nc2nc[nH]c12. The number of nitrogens with zero attached hydrogens (tertiary/aromatic N) is 3.